The normalized spacial score (nSPS) is 20.1. The van der Waals surface area contributed by atoms with Gasteiger partial charge in [-0.05, 0) is 57.9 Å². The van der Waals surface area contributed by atoms with Crippen molar-refractivity contribution in [2.24, 2.45) is 11.1 Å². The molecule has 11 heteroatoms. The second-order valence-electron chi connectivity index (χ2n) is 10.6. The van der Waals surface area contributed by atoms with Gasteiger partial charge in [-0.1, -0.05) is 29.3 Å². The van der Waals surface area contributed by atoms with Gasteiger partial charge in [0.05, 0.1) is 34.5 Å². The van der Waals surface area contributed by atoms with Crippen LogP contribution < -0.4 is 26.2 Å². The Labute approximate surface area is 243 Å². The Hall–Kier alpha value is -3.11. The first-order valence-corrected chi connectivity index (χ1v) is 14.0. The first-order chi connectivity index (χ1) is 19.1. The summed E-state index contributed by atoms with van der Waals surface area (Å²) in [6.07, 6.45) is 1.82. The van der Waals surface area contributed by atoms with Gasteiger partial charge in [-0.15, -0.1) is 0 Å². The predicted octanol–water partition coefficient (Wildman–Crippen LogP) is 4.64. The van der Waals surface area contributed by atoms with Crippen LogP contribution in [0.25, 0.3) is 5.69 Å². The monoisotopic (exact) mass is 585 g/mol. The maximum atomic E-state index is 13.7. The Kier molecular flexibility index (Phi) is 7.85. The van der Waals surface area contributed by atoms with Crippen molar-refractivity contribution < 1.29 is 14.3 Å². The van der Waals surface area contributed by atoms with Gasteiger partial charge in [0.25, 0.3) is 11.5 Å². The fourth-order valence-corrected chi connectivity index (χ4v) is 6.01. The SMILES string of the molecule is CNC(=O)c1ccc(-n2c(C)nc(N3CCC4(CC3)CO[C@@H](C)[C@H]4N)c(C)c2=O)cc1Oc1cccc(Cl)c1Cl. The second-order valence-corrected chi connectivity index (χ2v) is 11.3. The Morgan fingerprint density at radius 1 is 1.18 bits per heavy atom. The summed E-state index contributed by atoms with van der Waals surface area (Å²) in [5.41, 5.74) is 7.59. The van der Waals surface area contributed by atoms with Crippen molar-refractivity contribution in [3.8, 4) is 17.2 Å². The van der Waals surface area contributed by atoms with Crippen molar-refractivity contribution >= 4 is 34.9 Å². The summed E-state index contributed by atoms with van der Waals surface area (Å²) < 4.78 is 13.4. The van der Waals surface area contributed by atoms with Crippen LogP contribution in [0.5, 0.6) is 11.5 Å². The third kappa shape index (κ3) is 4.96. The Morgan fingerprint density at radius 3 is 2.55 bits per heavy atom. The Morgan fingerprint density at radius 2 is 1.90 bits per heavy atom. The molecule has 2 saturated heterocycles. The zero-order chi connectivity index (χ0) is 28.8. The van der Waals surface area contributed by atoms with Gasteiger partial charge in [0.2, 0.25) is 0 Å². The number of carbonyl (C=O) groups is 1. The molecule has 9 nitrogen and oxygen atoms in total. The molecule has 2 aromatic carbocycles. The van der Waals surface area contributed by atoms with Crippen molar-refractivity contribution in [1.82, 2.24) is 14.9 Å². The van der Waals surface area contributed by atoms with E-state index in [-0.39, 0.29) is 51.1 Å². The third-order valence-corrected chi connectivity index (χ3v) is 8.99. The Balaban J connectivity index is 1.49. The summed E-state index contributed by atoms with van der Waals surface area (Å²) in [6, 6.07) is 9.93. The lowest BCUT2D eigenvalue weighted by molar-refractivity contribution is 0.0960. The second kappa shape index (κ2) is 11.0. The third-order valence-electron chi connectivity index (χ3n) is 8.19. The van der Waals surface area contributed by atoms with E-state index in [2.05, 4.69) is 10.2 Å². The van der Waals surface area contributed by atoms with Crippen molar-refractivity contribution in [2.45, 2.75) is 45.8 Å². The molecule has 0 aliphatic carbocycles. The fourth-order valence-electron chi connectivity index (χ4n) is 5.68. The summed E-state index contributed by atoms with van der Waals surface area (Å²) in [4.78, 5) is 33.4. The minimum Gasteiger partial charge on any atom is -0.455 e. The molecule has 2 atom stereocenters. The maximum Gasteiger partial charge on any atom is 0.263 e. The van der Waals surface area contributed by atoms with Crippen molar-refractivity contribution in [1.29, 1.82) is 0 Å². The van der Waals surface area contributed by atoms with E-state index in [9.17, 15) is 9.59 Å². The number of benzene rings is 2. The zero-order valence-electron chi connectivity index (χ0n) is 23.0. The zero-order valence-corrected chi connectivity index (χ0v) is 24.5. The topological polar surface area (TPSA) is 112 Å². The van der Waals surface area contributed by atoms with Gasteiger partial charge in [0.1, 0.15) is 28.2 Å². The molecule has 2 aliphatic heterocycles. The number of anilines is 1. The molecule has 2 aliphatic rings. The quantitative estimate of drug-likeness (QED) is 0.448. The molecule has 5 rings (SSSR count). The summed E-state index contributed by atoms with van der Waals surface area (Å²) >= 11 is 12.5. The number of piperidine rings is 1. The summed E-state index contributed by atoms with van der Waals surface area (Å²) in [6.45, 7) is 7.78. The Bertz CT molecular complexity index is 1520. The smallest absolute Gasteiger partial charge is 0.263 e. The van der Waals surface area contributed by atoms with Crippen LogP contribution in [0.3, 0.4) is 0 Å². The van der Waals surface area contributed by atoms with Gasteiger partial charge >= 0.3 is 0 Å². The van der Waals surface area contributed by atoms with Crippen molar-refractivity contribution in [3.63, 3.8) is 0 Å². The maximum absolute atomic E-state index is 13.7. The van der Waals surface area contributed by atoms with Gasteiger partial charge in [-0.25, -0.2) is 4.98 Å². The number of hydrogen-bond donors (Lipinski definition) is 2. The van der Waals surface area contributed by atoms with E-state index >= 15 is 0 Å². The van der Waals surface area contributed by atoms with Gasteiger partial charge in [0.15, 0.2) is 0 Å². The molecule has 2 fully saturated rings. The molecule has 3 N–H and O–H groups in total. The molecule has 3 heterocycles. The van der Waals surface area contributed by atoms with Crippen LogP contribution in [0.4, 0.5) is 5.82 Å². The first-order valence-electron chi connectivity index (χ1n) is 13.3. The van der Waals surface area contributed by atoms with E-state index in [1.165, 1.54) is 11.6 Å². The molecule has 0 bridgehead atoms. The van der Waals surface area contributed by atoms with Crippen LogP contribution >= 0.6 is 23.2 Å². The molecule has 0 unspecified atom stereocenters. The summed E-state index contributed by atoms with van der Waals surface area (Å²) in [7, 11) is 1.53. The number of nitrogens with zero attached hydrogens (tertiary/aromatic N) is 3. The van der Waals surface area contributed by atoms with E-state index < -0.39 is 0 Å². The van der Waals surface area contributed by atoms with E-state index in [1.807, 2.05) is 6.92 Å². The average molecular weight is 587 g/mol. The molecule has 0 radical (unpaired) electrons. The largest absolute Gasteiger partial charge is 0.455 e. The highest BCUT2D eigenvalue weighted by Crippen LogP contribution is 2.42. The number of amides is 1. The molecular formula is C29H33Cl2N5O4. The number of nitrogens with one attached hydrogen (secondary N) is 1. The minimum absolute atomic E-state index is 0.00872. The minimum atomic E-state index is -0.349. The molecule has 1 aromatic heterocycles. The number of halogens is 2. The highest BCUT2D eigenvalue weighted by atomic mass is 35.5. The van der Waals surface area contributed by atoms with Gasteiger partial charge in [-0.3, -0.25) is 14.2 Å². The number of ether oxygens (including phenoxy) is 2. The number of aryl methyl sites for hydroxylation is 1. The van der Waals surface area contributed by atoms with Gasteiger partial charge in [-0.2, -0.15) is 0 Å². The van der Waals surface area contributed by atoms with Gasteiger partial charge < -0.3 is 25.4 Å². The molecular weight excluding hydrogens is 553 g/mol. The molecule has 0 saturated carbocycles. The summed E-state index contributed by atoms with van der Waals surface area (Å²) in [5, 5.41) is 3.15. The van der Waals surface area contributed by atoms with Crippen molar-refractivity contribution in [2.75, 3.05) is 31.6 Å². The lowest BCUT2D eigenvalue weighted by atomic mass is 9.73. The van der Waals surface area contributed by atoms with Crippen LogP contribution in [0.15, 0.2) is 41.2 Å². The number of carbonyl (C=O) groups excluding carboxylic acids is 1. The first kappa shape index (κ1) is 28.4. The van der Waals surface area contributed by atoms with Crippen LogP contribution in [0.1, 0.15) is 41.5 Å². The van der Waals surface area contributed by atoms with E-state index in [4.69, 9.17) is 43.4 Å². The molecule has 212 valence electrons. The molecule has 1 spiro atoms. The average Bonchev–Trinajstić information content (AvgIpc) is 3.22. The van der Waals surface area contributed by atoms with Crippen molar-refractivity contribution in [3.05, 3.63) is 73.7 Å². The number of rotatable bonds is 5. The predicted molar refractivity (Wildman–Crippen MR) is 157 cm³/mol. The van der Waals surface area contributed by atoms with E-state index in [0.717, 1.165) is 25.9 Å². The number of nitrogens with two attached hydrogens (primary N) is 1. The standard InChI is InChI=1S/C29H33Cl2N5O4/c1-16-26(35-12-10-29(11-13-35)15-39-17(2)25(29)32)34-18(3)36(28(16)38)19-8-9-20(27(37)33-4)23(14-19)40-22-7-5-6-21(30)24(22)31/h5-9,14,17,25H,10-13,15,32H2,1-4H3,(H,33,37)/t17-,25+/m0/s1. The van der Waals surface area contributed by atoms with Crippen LogP contribution in [0, 0.1) is 19.3 Å². The number of hydrogen-bond acceptors (Lipinski definition) is 7. The summed E-state index contributed by atoms with van der Waals surface area (Å²) in [5.74, 6) is 1.35. The molecule has 1 amide bonds. The highest BCUT2D eigenvalue weighted by molar-refractivity contribution is 6.42. The van der Waals surface area contributed by atoms with Crippen LogP contribution in [-0.2, 0) is 4.74 Å². The highest BCUT2D eigenvalue weighted by Gasteiger charge is 2.47. The van der Waals surface area contributed by atoms with Gasteiger partial charge in [0, 0.05) is 37.7 Å². The van der Waals surface area contributed by atoms with Crippen LogP contribution in [-0.4, -0.2) is 54.3 Å². The fraction of sp³-hybridized carbons (Fsp3) is 0.414. The number of aromatic nitrogens is 2. The molecule has 40 heavy (non-hydrogen) atoms. The van der Waals surface area contributed by atoms with Crippen LogP contribution in [0.2, 0.25) is 10.0 Å². The lowest BCUT2D eigenvalue weighted by Gasteiger charge is -2.42. The lowest BCUT2D eigenvalue weighted by Crippen LogP contribution is -2.51. The van der Waals surface area contributed by atoms with E-state index in [0.29, 0.717) is 34.5 Å². The van der Waals surface area contributed by atoms with E-state index in [1.54, 1.807) is 50.2 Å². The molecule has 3 aromatic rings.